The summed E-state index contributed by atoms with van der Waals surface area (Å²) in [4.78, 5) is 4.33. The van der Waals surface area contributed by atoms with Crippen LogP contribution in [0.15, 0.2) is 29.3 Å². The van der Waals surface area contributed by atoms with Crippen molar-refractivity contribution in [2.75, 3.05) is 6.54 Å². The van der Waals surface area contributed by atoms with E-state index < -0.39 is 0 Å². The highest BCUT2D eigenvalue weighted by atomic mass is 35.5. The molecule has 1 aromatic carbocycles. The maximum Gasteiger partial charge on any atom is 0.206 e. The molecule has 0 atom stereocenters. The van der Waals surface area contributed by atoms with Crippen molar-refractivity contribution in [1.29, 1.82) is 0 Å². The third-order valence-electron chi connectivity index (χ3n) is 2.18. The van der Waals surface area contributed by atoms with Gasteiger partial charge in [-0.1, -0.05) is 43.6 Å². The Kier molecular flexibility index (Phi) is 5.80. The molecule has 1 aromatic rings. The summed E-state index contributed by atoms with van der Waals surface area (Å²) >= 11 is 6.04. The molecule has 0 aliphatic carbocycles. The number of rotatable bonds is 4. The minimum Gasteiger partial charge on any atom is -0.355 e. The van der Waals surface area contributed by atoms with Gasteiger partial charge in [0.25, 0.3) is 0 Å². The average Bonchev–Trinajstić information content (AvgIpc) is 2.31. The van der Waals surface area contributed by atoms with Crippen molar-refractivity contribution in [3.8, 4) is 0 Å². The lowest BCUT2D eigenvalue weighted by molar-refractivity contribution is 0.615. The lowest BCUT2D eigenvalue weighted by Gasteiger charge is -2.11. The number of halogens is 1. The molecule has 94 valence electrons. The van der Waals surface area contributed by atoms with Crippen molar-refractivity contribution < 1.29 is 0 Å². The van der Waals surface area contributed by atoms with Gasteiger partial charge in [-0.3, -0.25) is 5.43 Å². The van der Waals surface area contributed by atoms with Crippen molar-refractivity contribution >= 4 is 17.6 Å². The van der Waals surface area contributed by atoms with Crippen LogP contribution in [0.5, 0.6) is 0 Å². The molecule has 4 nitrogen and oxygen atoms in total. The van der Waals surface area contributed by atoms with E-state index in [1.165, 1.54) is 0 Å². The van der Waals surface area contributed by atoms with Crippen molar-refractivity contribution in [2.45, 2.75) is 20.4 Å². The maximum atomic E-state index is 6.04. The second-order valence-electron chi connectivity index (χ2n) is 4.18. The highest BCUT2D eigenvalue weighted by molar-refractivity contribution is 6.31. The summed E-state index contributed by atoms with van der Waals surface area (Å²) in [6, 6.07) is 7.63. The molecular formula is C12H19ClN4. The van der Waals surface area contributed by atoms with Crippen LogP contribution in [0.2, 0.25) is 5.02 Å². The fraction of sp³-hybridized carbons (Fsp3) is 0.417. The molecular weight excluding hydrogens is 236 g/mol. The van der Waals surface area contributed by atoms with Crippen LogP contribution in [0.25, 0.3) is 0 Å². The van der Waals surface area contributed by atoms with Crippen LogP contribution in [0.4, 0.5) is 0 Å². The Morgan fingerprint density at radius 2 is 2.12 bits per heavy atom. The number of benzene rings is 1. The van der Waals surface area contributed by atoms with Gasteiger partial charge in [-0.25, -0.2) is 10.8 Å². The highest BCUT2D eigenvalue weighted by Crippen LogP contribution is 2.15. The Hall–Kier alpha value is -1.26. The molecule has 0 aromatic heterocycles. The van der Waals surface area contributed by atoms with E-state index in [1.807, 2.05) is 24.3 Å². The topological polar surface area (TPSA) is 62.4 Å². The van der Waals surface area contributed by atoms with Gasteiger partial charge in [-0.05, 0) is 17.5 Å². The van der Waals surface area contributed by atoms with Crippen LogP contribution >= 0.6 is 11.6 Å². The molecule has 0 fully saturated rings. The fourth-order valence-electron chi connectivity index (χ4n) is 1.24. The first-order valence-electron chi connectivity index (χ1n) is 5.61. The van der Waals surface area contributed by atoms with Crippen molar-refractivity contribution in [3.63, 3.8) is 0 Å². The first kappa shape index (κ1) is 13.8. The van der Waals surface area contributed by atoms with E-state index in [-0.39, 0.29) is 0 Å². The fourth-order valence-corrected chi connectivity index (χ4v) is 1.44. The van der Waals surface area contributed by atoms with Crippen molar-refractivity contribution in [1.82, 2.24) is 10.7 Å². The molecule has 0 bridgehead atoms. The molecule has 0 aliphatic heterocycles. The van der Waals surface area contributed by atoms with Crippen LogP contribution in [-0.4, -0.2) is 12.5 Å². The summed E-state index contributed by atoms with van der Waals surface area (Å²) in [7, 11) is 0. The number of hydrogen-bond acceptors (Lipinski definition) is 2. The number of aliphatic imine (C=N–C) groups is 1. The van der Waals surface area contributed by atoms with Gasteiger partial charge in [0, 0.05) is 11.6 Å². The molecule has 1 rings (SSSR count). The molecule has 4 N–H and O–H groups in total. The standard InChI is InChI=1S/C12H19ClN4/c1-9(2)7-15-12(17-14)16-8-10-5-3-4-6-11(10)13/h3-6,9H,7-8,14H2,1-2H3,(H2,15,16,17). The largest absolute Gasteiger partial charge is 0.355 e. The monoisotopic (exact) mass is 254 g/mol. The quantitative estimate of drug-likeness (QED) is 0.333. The number of hydrazine groups is 1. The van der Waals surface area contributed by atoms with Gasteiger partial charge in [-0.2, -0.15) is 0 Å². The van der Waals surface area contributed by atoms with Gasteiger partial charge in [0.2, 0.25) is 5.96 Å². The lowest BCUT2D eigenvalue weighted by Crippen LogP contribution is -2.42. The van der Waals surface area contributed by atoms with E-state index in [4.69, 9.17) is 17.4 Å². The van der Waals surface area contributed by atoms with E-state index in [9.17, 15) is 0 Å². The van der Waals surface area contributed by atoms with Gasteiger partial charge in [0.1, 0.15) is 0 Å². The van der Waals surface area contributed by atoms with Gasteiger partial charge in [0.15, 0.2) is 0 Å². The molecule has 0 heterocycles. The summed E-state index contributed by atoms with van der Waals surface area (Å²) in [5.74, 6) is 6.50. The molecule has 0 saturated heterocycles. The minimum atomic E-state index is 0.504. The second kappa shape index (κ2) is 7.14. The predicted octanol–water partition coefficient (Wildman–Crippen LogP) is 1.90. The summed E-state index contributed by atoms with van der Waals surface area (Å²) in [5.41, 5.74) is 3.52. The summed E-state index contributed by atoms with van der Waals surface area (Å²) in [6.07, 6.45) is 0. The van der Waals surface area contributed by atoms with Crippen LogP contribution in [-0.2, 0) is 6.54 Å². The zero-order valence-corrected chi connectivity index (χ0v) is 11.0. The van der Waals surface area contributed by atoms with Crippen LogP contribution in [0, 0.1) is 5.92 Å². The smallest absolute Gasteiger partial charge is 0.206 e. The summed E-state index contributed by atoms with van der Waals surface area (Å²) in [5, 5.41) is 3.85. The Labute approximate surface area is 107 Å². The SMILES string of the molecule is CC(C)CNC(=NCc1ccccc1Cl)NN. The number of guanidine groups is 1. The number of hydrogen-bond donors (Lipinski definition) is 3. The van der Waals surface area contributed by atoms with E-state index in [1.54, 1.807) is 0 Å². The third-order valence-corrected chi connectivity index (χ3v) is 2.55. The highest BCUT2D eigenvalue weighted by Gasteiger charge is 2.00. The maximum absolute atomic E-state index is 6.04. The van der Waals surface area contributed by atoms with E-state index in [0.29, 0.717) is 18.4 Å². The zero-order valence-electron chi connectivity index (χ0n) is 10.2. The van der Waals surface area contributed by atoms with Gasteiger partial charge < -0.3 is 5.32 Å². The van der Waals surface area contributed by atoms with E-state index >= 15 is 0 Å². The second-order valence-corrected chi connectivity index (χ2v) is 4.58. The zero-order chi connectivity index (χ0) is 12.7. The first-order chi connectivity index (χ1) is 8.13. The molecule has 0 radical (unpaired) electrons. The Morgan fingerprint density at radius 1 is 1.41 bits per heavy atom. The Morgan fingerprint density at radius 3 is 2.71 bits per heavy atom. The summed E-state index contributed by atoms with van der Waals surface area (Å²) in [6.45, 7) is 5.57. The Bertz CT molecular complexity index is 377. The van der Waals surface area contributed by atoms with E-state index in [0.717, 1.165) is 17.1 Å². The Balaban J connectivity index is 2.58. The third kappa shape index (κ3) is 5.06. The van der Waals surface area contributed by atoms with Crippen molar-refractivity contribution in [2.24, 2.45) is 16.8 Å². The van der Waals surface area contributed by atoms with Gasteiger partial charge in [-0.15, -0.1) is 0 Å². The van der Waals surface area contributed by atoms with Crippen LogP contribution in [0.1, 0.15) is 19.4 Å². The number of nitrogens with zero attached hydrogens (tertiary/aromatic N) is 1. The van der Waals surface area contributed by atoms with Gasteiger partial charge >= 0.3 is 0 Å². The number of nitrogens with two attached hydrogens (primary N) is 1. The summed E-state index contributed by atoms with van der Waals surface area (Å²) < 4.78 is 0. The molecule has 0 unspecified atom stereocenters. The van der Waals surface area contributed by atoms with Gasteiger partial charge in [0.05, 0.1) is 6.54 Å². The lowest BCUT2D eigenvalue weighted by atomic mass is 10.2. The molecule has 5 heteroatoms. The average molecular weight is 255 g/mol. The normalized spacial score (nSPS) is 11.7. The van der Waals surface area contributed by atoms with Crippen LogP contribution in [0.3, 0.4) is 0 Å². The first-order valence-corrected chi connectivity index (χ1v) is 5.99. The van der Waals surface area contributed by atoms with Crippen molar-refractivity contribution in [3.05, 3.63) is 34.9 Å². The molecule has 0 amide bonds. The molecule has 17 heavy (non-hydrogen) atoms. The van der Waals surface area contributed by atoms with E-state index in [2.05, 4.69) is 29.6 Å². The molecule has 0 spiro atoms. The molecule has 0 aliphatic rings. The van der Waals surface area contributed by atoms with Crippen LogP contribution < -0.4 is 16.6 Å². The minimum absolute atomic E-state index is 0.504. The molecule has 0 saturated carbocycles. The predicted molar refractivity (Wildman–Crippen MR) is 72.8 cm³/mol. The number of nitrogens with one attached hydrogen (secondary N) is 2.